The Labute approximate surface area is 186 Å². The molecule has 2 saturated heterocycles. The molecule has 168 valence electrons. The van der Waals surface area contributed by atoms with Gasteiger partial charge in [0.1, 0.15) is 0 Å². The maximum absolute atomic E-state index is 12.9. The van der Waals surface area contributed by atoms with Gasteiger partial charge in [-0.2, -0.15) is 0 Å². The Hall–Kier alpha value is -2.58. The molecule has 2 aliphatic rings. The quantitative estimate of drug-likeness (QED) is 0.549. The maximum Gasteiger partial charge on any atom is 0.310 e. The molecule has 0 spiro atoms. The summed E-state index contributed by atoms with van der Waals surface area (Å²) in [5, 5.41) is 8.72. The predicted molar refractivity (Wildman–Crippen MR) is 117 cm³/mol. The summed E-state index contributed by atoms with van der Waals surface area (Å²) in [6.45, 7) is 5.68. The average molecular weight is 450 g/mol. The molecule has 4 rings (SSSR count). The molecule has 1 aromatic heterocycles. The van der Waals surface area contributed by atoms with Gasteiger partial charge in [-0.3, -0.25) is 19.3 Å². The number of hydrogen-bond acceptors (Lipinski definition) is 5. The molecule has 2 fully saturated rings. The SMILES string of the molecule is CC[C@H]1[C@@H](C(=O)OC)C[C@H]2CN(Cc3[nH]c4ccc(Cl)cc4c3C)CC(=O)N21.O=CO. The second-order valence-corrected chi connectivity index (χ2v) is 8.43. The molecule has 1 amide bonds. The van der Waals surface area contributed by atoms with E-state index < -0.39 is 0 Å². The highest BCUT2D eigenvalue weighted by molar-refractivity contribution is 6.31. The van der Waals surface area contributed by atoms with Crippen molar-refractivity contribution < 1.29 is 24.2 Å². The van der Waals surface area contributed by atoms with Gasteiger partial charge < -0.3 is 19.7 Å². The van der Waals surface area contributed by atoms with Crippen LogP contribution in [0.15, 0.2) is 18.2 Å². The van der Waals surface area contributed by atoms with Crippen LogP contribution in [0, 0.1) is 12.8 Å². The fourth-order valence-electron chi connectivity index (χ4n) is 4.96. The Bertz CT molecular complexity index is 975. The van der Waals surface area contributed by atoms with Gasteiger partial charge in [0.2, 0.25) is 5.91 Å². The Morgan fingerprint density at radius 3 is 2.77 bits per heavy atom. The topological polar surface area (TPSA) is 103 Å². The number of benzene rings is 1. The van der Waals surface area contributed by atoms with E-state index in [9.17, 15) is 9.59 Å². The van der Waals surface area contributed by atoms with Crippen molar-refractivity contribution in [1.82, 2.24) is 14.8 Å². The van der Waals surface area contributed by atoms with Gasteiger partial charge in [-0.1, -0.05) is 18.5 Å². The van der Waals surface area contributed by atoms with Crippen molar-refractivity contribution in [3.63, 3.8) is 0 Å². The van der Waals surface area contributed by atoms with Crippen molar-refractivity contribution in [1.29, 1.82) is 0 Å². The minimum absolute atomic E-state index is 0.0518. The zero-order valence-electron chi connectivity index (χ0n) is 17.9. The number of piperazine rings is 1. The van der Waals surface area contributed by atoms with Crippen molar-refractivity contribution >= 4 is 40.9 Å². The van der Waals surface area contributed by atoms with Crippen LogP contribution in [0.5, 0.6) is 0 Å². The molecule has 9 heteroatoms. The molecule has 2 N–H and O–H groups in total. The first-order chi connectivity index (χ1) is 14.8. The fraction of sp³-hybridized carbons (Fsp3) is 0.500. The van der Waals surface area contributed by atoms with Crippen molar-refractivity contribution in [2.45, 2.75) is 45.3 Å². The number of fused-ring (bicyclic) bond motifs is 2. The van der Waals surface area contributed by atoms with Crippen LogP contribution in [0.25, 0.3) is 10.9 Å². The molecule has 31 heavy (non-hydrogen) atoms. The molecule has 3 atom stereocenters. The number of aromatic amines is 1. The van der Waals surface area contributed by atoms with E-state index in [2.05, 4.69) is 16.8 Å². The van der Waals surface area contributed by atoms with Crippen LogP contribution >= 0.6 is 11.6 Å². The number of hydrogen-bond donors (Lipinski definition) is 2. The number of ether oxygens (including phenoxy) is 1. The summed E-state index contributed by atoms with van der Waals surface area (Å²) in [7, 11) is 1.42. The molecular formula is C22H28ClN3O5. The first-order valence-corrected chi connectivity index (χ1v) is 10.7. The minimum Gasteiger partial charge on any atom is -0.483 e. The molecule has 0 saturated carbocycles. The summed E-state index contributed by atoms with van der Waals surface area (Å²) in [6, 6.07) is 5.85. The van der Waals surface area contributed by atoms with E-state index in [0.29, 0.717) is 19.5 Å². The highest BCUT2D eigenvalue weighted by atomic mass is 35.5. The lowest BCUT2D eigenvalue weighted by Crippen LogP contribution is -2.56. The van der Waals surface area contributed by atoms with E-state index in [0.717, 1.165) is 40.1 Å². The molecule has 0 unspecified atom stereocenters. The maximum atomic E-state index is 12.9. The van der Waals surface area contributed by atoms with Crippen LogP contribution in [-0.2, 0) is 25.7 Å². The third-order valence-corrected chi connectivity index (χ3v) is 6.52. The molecule has 1 aromatic carbocycles. The van der Waals surface area contributed by atoms with Crippen LogP contribution in [0.4, 0.5) is 0 Å². The van der Waals surface area contributed by atoms with Crippen LogP contribution < -0.4 is 0 Å². The van der Waals surface area contributed by atoms with E-state index in [-0.39, 0.29) is 36.4 Å². The largest absolute Gasteiger partial charge is 0.483 e. The number of amides is 1. The van der Waals surface area contributed by atoms with E-state index >= 15 is 0 Å². The van der Waals surface area contributed by atoms with Crippen LogP contribution in [0.3, 0.4) is 0 Å². The average Bonchev–Trinajstić information content (AvgIpc) is 3.26. The standard InChI is InChI=1S/C21H26ClN3O3.CH2O2/c1-4-19-16(21(27)28-3)8-14-9-24(11-20(26)25(14)19)10-18-12(2)15-7-13(22)5-6-17(15)23-18;2-1-3/h5-7,14,16,19,23H,4,8-11H2,1-3H3;1H,(H,2,3)/t14-,16-,19-;/m0./s1. The summed E-state index contributed by atoms with van der Waals surface area (Å²) in [6.07, 6.45) is 1.44. The normalized spacial score (nSPS) is 23.3. The highest BCUT2D eigenvalue weighted by Crippen LogP contribution is 2.36. The predicted octanol–water partition coefficient (Wildman–Crippen LogP) is 2.81. The number of nitrogens with zero attached hydrogens (tertiary/aromatic N) is 2. The molecule has 2 aliphatic heterocycles. The fourth-order valence-corrected chi connectivity index (χ4v) is 5.13. The first kappa shape index (κ1) is 23.1. The van der Waals surface area contributed by atoms with Crippen molar-refractivity contribution in [2.24, 2.45) is 5.92 Å². The number of H-pyrrole nitrogens is 1. The Kier molecular flexibility index (Phi) is 7.23. The molecule has 2 aromatic rings. The lowest BCUT2D eigenvalue weighted by atomic mass is 9.97. The van der Waals surface area contributed by atoms with Crippen LogP contribution in [0.1, 0.15) is 31.0 Å². The van der Waals surface area contributed by atoms with Gasteiger partial charge in [-0.15, -0.1) is 0 Å². The number of carbonyl (C=O) groups excluding carboxylic acids is 2. The zero-order chi connectivity index (χ0) is 22.7. The second kappa shape index (κ2) is 9.70. The summed E-state index contributed by atoms with van der Waals surface area (Å²) < 4.78 is 4.98. The molecule has 0 aliphatic carbocycles. The number of aromatic nitrogens is 1. The highest BCUT2D eigenvalue weighted by Gasteiger charge is 2.49. The van der Waals surface area contributed by atoms with E-state index in [1.54, 1.807) is 0 Å². The van der Waals surface area contributed by atoms with Gasteiger partial charge in [0.15, 0.2) is 0 Å². The lowest BCUT2D eigenvalue weighted by Gasteiger charge is -2.39. The Morgan fingerprint density at radius 1 is 1.42 bits per heavy atom. The number of aryl methyl sites for hydroxylation is 1. The van der Waals surface area contributed by atoms with Crippen molar-refractivity contribution in [3.05, 3.63) is 34.5 Å². The summed E-state index contributed by atoms with van der Waals surface area (Å²) in [5.41, 5.74) is 3.32. The number of rotatable bonds is 4. The molecular weight excluding hydrogens is 422 g/mol. The van der Waals surface area contributed by atoms with E-state index in [1.165, 1.54) is 7.11 Å². The van der Waals surface area contributed by atoms with Crippen LogP contribution in [-0.4, -0.2) is 70.5 Å². The third-order valence-electron chi connectivity index (χ3n) is 6.28. The van der Waals surface area contributed by atoms with Crippen LogP contribution in [0.2, 0.25) is 5.02 Å². The smallest absolute Gasteiger partial charge is 0.310 e. The summed E-state index contributed by atoms with van der Waals surface area (Å²) >= 11 is 6.14. The van der Waals surface area contributed by atoms with E-state index in [1.807, 2.05) is 30.0 Å². The van der Waals surface area contributed by atoms with Gasteiger partial charge in [-0.05, 0) is 43.5 Å². The van der Waals surface area contributed by atoms with Gasteiger partial charge in [-0.25, -0.2) is 0 Å². The second-order valence-electron chi connectivity index (χ2n) is 7.99. The van der Waals surface area contributed by atoms with Gasteiger partial charge in [0, 0.05) is 46.8 Å². The number of halogens is 1. The monoisotopic (exact) mass is 449 g/mol. The first-order valence-electron chi connectivity index (χ1n) is 10.3. The Morgan fingerprint density at radius 2 is 2.13 bits per heavy atom. The number of esters is 1. The number of nitrogens with one attached hydrogen (secondary N) is 1. The lowest BCUT2D eigenvalue weighted by molar-refractivity contribution is -0.147. The van der Waals surface area contributed by atoms with Crippen molar-refractivity contribution in [2.75, 3.05) is 20.2 Å². The van der Waals surface area contributed by atoms with E-state index in [4.69, 9.17) is 26.2 Å². The molecule has 8 nitrogen and oxygen atoms in total. The zero-order valence-corrected chi connectivity index (χ0v) is 18.7. The number of methoxy groups -OCH3 is 1. The minimum atomic E-state index is -0.250. The van der Waals surface area contributed by atoms with Gasteiger partial charge in [0.25, 0.3) is 6.47 Å². The van der Waals surface area contributed by atoms with Gasteiger partial charge in [0.05, 0.1) is 19.6 Å². The third kappa shape index (κ3) is 4.55. The number of carbonyl (C=O) groups is 3. The Balaban J connectivity index is 0.000000858. The van der Waals surface area contributed by atoms with Gasteiger partial charge >= 0.3 is 5.97 Å². The molecule has 3 heterocycles. The number of carboxylic acid groups (broad SMARTS) is 1. The molecule has 0 bridgehead atoms. The molecule has 0 radical (unpaired) electrons. The summed E-state index contributed by atoms with van der Waals surface area (Å²) in [5.74, 6) is -0.323. The summed E-state index contributed by atoms with van der Waals surface area (Å²) in [4.78, 5) is 41.0. The van der Waals surface area contributed by atoms with Crippen molar-refractivity contribution in [3.8, 4) is 0 Å².